The predicted molar refractivity (Wildman–Crippen MR) is 100 cm³/mol. The monoisotopic (exact) mass is 359 g/mol. The number of carbonyl (C=O) groups is 1. The maximum atomic E-state index is 12.6. The summed E-state index contributed by atoms with van der Waals surface area (Å²) in [6.45, 7) is 6.13. The number of esters is 1. The smallest absolute Gasteiger partial charge is 0.356 e. The Hall–Kier alpha value is -1.88. The summed E-state index contributed by atoms with van der Waals surface area (Å²) < 4.78 is 5.02. The van der Waals surface area contributed by atoms with Crippen LogP contribution in [0.2, 0.25) is 0 Å². The van der Waals surface area contributed by atoms with Crippen LogP contribution in [0.25, 0.3) is 0 Å². The van der Waals surface area contributed by atoms with Gasteiger partial charge >= 0.3 is 5.97 Å². The molecule has 1 N–H and O–H groups in total. The van der Waals surface area contributed by atoms with Crippen molar-refractivity contribution in [2.45, 2.75) is 71.0 Å². The van der Waals surface area contributed by atoms with Gasteiger partial charge in [-0.05, 0) is 50.7 Å². The second-order valence-corrected chi connectivity index (χ2v) is 7.80. The lowest BCUT2D eigenvalue weighted by molar-refractivity contribution is -0.188. The Morgan fingerprint density at radius 3 is 2.42 bits per heavy atom. The van der Waals surface area contributed by atoms with Gasteiger partial charge in [-0.15, -0.1) is 0 Å². The summed E-state index contributed by atoms with van der Waals surface area (Å²) in [6.07, 6.45) is 4.46. The van der Waals surface area contributed by atoms with Gasteiger partial charge in [0.2, 0.25) is 0 Å². The van der Waals surface area contributed by atoms with E-state index in [0.717, 1.165) is 42.4 Å². The Balaban J connectivity index is 1.92. The maximum Gasteiger partial charge on any atom is 0.356 e. The zero-order valence-corrected chi connectivity index (χ0v) is 16.2. The molecular formula is C21H29NO4. The van der Waals surface area contributed by atoms with Crippen molar-refractivity contribution in [1.82, 2.24) is 0 Å². The molecule has 142 valence electrons. The van der Waals surface area contributed by atoms with E-state index in [-0.39, 0.29) is 12.3 Å². The minimum Gasteiger partial charge on any atom is -0.466 e. The number of hydrogen-bond acceptors (Lipinski definition) is 5. The van der Waals surface area contributed by atoms with Gasteiger partial charge < -0.3 is 14.7 Å². The molecule has 2 atom stereocenters. The Labute approximate surface area is 155 Å². The van der Waals surface area contributed by atoms with Crippen LogP contribution in [-0.2, 0) is 14.4 Å². The number of methoxy groups -OCH3 is 1. The van der Waals surface area contributed by atoms with Crippen LogP contribution in [0.4, 0.5) is 0 Å². The highest BCUT2D eigenvalue weighted by atomic mass is 16.7. The quantitative estimate of drug-likeness (QED) is 0.834. The number of aliphatic hydroxyl groups excluding tert-OH is 1. The zero-order valence-electron chi connectivity index (χ0n) is 16.2. The molecule has 3 rings (SSSR count). The van der Waals surface area contributed by atoms with Crippen molar-refractivity contribution in [1.29, 1.82) is 0 Å². The molecule has 1 heterocycles. The van der Waals surface area contributed by atoms with Crippen LogP contribution in [-0.4, -0.2) is 35.6 Å². The summed E-state index contributed by atoms with van der Waals surface area (Å²) in [5.41, 5.74) is 3.65. The zero-order chi connectivity index (χ0) is 18.9. The lowest BCUT2D eigenvalue weighted by Gasteiger charge is -2.35. The van der Waals surface area contributed by atoms with E-state index >= 15 is 0 Å². The predicted octanol–water partition coefficient (Wildman–Crippen LogP) is 3.59. The summed E-state index contributed by atoms with van der Waals surface area (Å²) >= 11 is 0. The van der Waals surface area contributed by atoms with Crippen molar-refractivity contribution in [3.63, 3.8) is 0 Å². The van der Waals surface area contributed by atoms with Crippen molar-refractivity contribution in [2.24, 2.45) is 11.1 Å². The Morgan fingerprint density at radius 1 is 1.23 bits per heavy atom. The van der Waals surface area contributed by atoms with E-state index < -0.39 is 17.7 Å². The number of rotatable bonds is 4. The molecular weight excluding hydrogens is 330 g/mol. The van der Waals surface area contributed by atoms with Gasteiger partial charge in [-0.2, -0.15) is 0 Å². The lowest BCUT2D eigenvalue weighted by atomic mass is 9.76. The first-order valence-electron chi connectivity index (χ1n) is 9.49. The van der Waals surface area contributed by atoms with Crippen LogP contribution in [0.3, 0.4) is 0 Å². The molecule has 26 heavy (non-hydrogen) atoms. The normalized spacial score (nSPS) is 24.7. The molecule has 1 saturated carbocycles. The average Bonchev–Trinajstić information content (AvgIpc) is 3.06. The highest BCUT2D eigenvalue weighted by Gasteiger charge is 2.56. The highest BCUT2D eigenvalue weighted by Crippen LogP contribution is 2.39. The molecule has 1 aromatic rings. The van der Waals surface area contributed by atoms with Crippen LogP contribution < -0.4 is 0 Å². The van der Waals surface area contributed by atoms with E-state index in [9.17, 15) is 9.90 Å². The van der Waals surface area contributed by atoms with Crippen molar-refractivity contribution in [3.8, 4) is 0 Å². The molecule has 1 aliphatic carbocycles. The minimum atomic E-state index is -1.43. The van der Waals surface area contributed by atoms with Gasteiger partial charge in [-0.1, -0.05) is 42.1 Å². The Morgan fingerprint density at radius 2 is 1.85 bits per heavy atom. The minimum absolute atomic E-state index is 0.0395. The third kappa shape index (κ3) is 3.25. The van der Waals surface area contributed by atoms with Gasteiger partial charge in [0.05, 0.1) is 19.2 Å². The third-order valence-corrected chi connectivity index (χ3v) is 5.82. The number of benzene rings is 1. The van der Waals surface area contributed by atoms with Gasteiger partial charge in [-0.25, -0.2) is 4.79 Å². The molecule has 0 aromatic heterocycles. The summed E-state index contributed by atoms with van der Waals surface area (Å²) in [7, 11) is 1.33. The number of nitrogens with zero attached hydrogens (tertiary/aromatic N) is 1. The summed E-state index contributed by atoms with van der Waals surface area (Å²) in [5.74, 6) is -0.505. The molecule has 0 saturated heterocycles. The van der Waals surface area contributed by atoms with E-state index in [0.29, 0.717) is 5.71 Å². The molecule has 1 aromatic carbocycles. The number of ether oxygens (including phenoxy) is 1. The number of oxime groups is 1. The molecule has 2 aliphatic rings. The average molecular weight is 359 g/mol. The van der Waals surface area contributed by atoms with Crippen molar-refractivity contribution in [3.05, 3.63) is 34.4 Å². The van der Waals surface area contributed by atoms with Crippen LogP contribution in [0.15, 0.2) is 17.3 Å². The maximum absolute atomic E-state index is 12.6. The fraction of sp³-hybridized carbons (Fsp3) is 0.619. The SMILES string of the molecule is COC(=O)[C@]1([C@@H](O)C2CCCCC2)CC(c2c(C)cc(C)cc2C)=NO1. The fourth-order valence-electron chi connectivity index (χ4n) is 4.61. The van der Waals surface area contributed by atoms with Gasteiger partial charge in [-0.3, -0.25) is 0 Å². The van der Waals surface area contributed by atoms with Gasteiger partial charge in [0.25, 0.3) is 5.60 Å². The van der Waals surface area contributed by atoms with E-state index in [2.05, 4.69) is 24.2 Å². The molecule has 1 fully saturated rings. The molecule has 0 radical (unpaired) electrons. The van der Waals surface area contributed by atoms with E-state index in [1.165, 1.54) is 19.1 Å². The second kappa shape index (κ2) is 7.39. The molecule has 1 aliphatic heterocycles. The summed E-state index contributed by atoms with van der Waals surface area (Å²) in [6, 6.07) is 4.20. The van der Waals surface area contributed by atoms with Gasteiger partial charge in [0.1, 0.15) is 6.10 Å². The van der Waals surface area contributed by atoms with E-state index in [1.54, 1.807) is 0 Å². The number of hydrogen-bond donors (Lipinski definition) is 1. The van der Waals surface area contributed by atoms with Crippen LogP contribution in [0.1, 0.15) is 60.8 Å². The van der Waals surface area contributed by atoms with E-state index in [1.807, 2.05) is 13.8 Å². The summed E-state index contributed by atoms with van der Waals surface area (Å²) in [4.78, 5) is 18.3. The van der Waals surface area contributed by atoms with Crippen LogP contribution in [0, 0.1) is 26.7 Å². The van der Waals surface area contributed by atoms with Crippen LogP contribution in [0.5, 0.6) is 0 Å². The third-order valence-electron chi connectivity index (χ3n) is 5.82. The molecule has 0 unspecified atom stereocenters. The number of aliphatic hydroxyl groups is 1. The summed E-state index contributed by atoms with van der Waals surface area (Å²) in [5, 5.41) is 15.3. The standard InChI is InChI=1S/C21H29NO4/c1-13-10-14(2)18(15(3)11-13)17-12-21(26-22-17,20(24)25-4)19(23)16-8-6-5-7-9-16/h10-11,16,19,23H,5-9,12H2,1-4H3/t19-,21+/m0/s1. The Bertz CT molecular complexity index is 698. The van der Waals surface area contributed by atoms with Crippen molar-refractivity contribution in [2.75, 3.05) is 7.11 Å². The number of aryl methyl sites for hydroxylation is 3. The first-order chi connectivity index (χ1) is 12.4. The van der Waals surface area contributed by atoms with Crippen molar-refractivity contribution >= 4 is 11.7 Å². The molecule has 0 amide bonds. The highest BCUT2D eigenvalue weighted by molar-refractivity contribution is 6.07. The van der Waals surface area contributed by atoms with Crippen LogP contribution >= 0.6 is 0 Å². The Kier molecular flexibility index (Phi) is 5.37. The van der Waals surface area contributed by atoms with Gasteiger partial charge in [0, 0.05) is 5.56 Å². The first kappa shape index (κ1) is 18.9. The molecule has 0 bridgehead atoms. The first-order valence-corrected chi connectivity index (χ1v) is 9.49. The second-order valence-electron chi connectivity index (χ2n) is 7.80. The molecule has 0 spiro atoms. The topological polar surface area (TPSA) is 68.1 Å². The molecule has 5 heteroatoms. The van der Waals surface area contributed by atoms with Gasteiger partial charge in [0.15, 0.2) is 0 Å². The van der Waals surface area contributed by atoms with E-state index in [4.69, 9.17) is 9.57 Å². The largest absolute Gasteiger partial charge is 0.466 e. The van der Waals surface area contributed by atoms with Crippen molar-refractivity contribution < 1.29 is 19.5 Å². The number of carbonyl (C=O) groups excluding carboxylic acids is 1. The fourth-order valence-corrected chi connectivity index (χ4v) is 4.61. The molecule has 5 nitrogen and oxygen atoms in total. The lowest BCUT2D eigenvalue weighted by Crippen LogP contribution is -2.54.